The van der Waals surface area contributed by atoms with Crippen LogP contribution in [0.5, 0.6) is 5.75 Å². The van der Waals surface area contributed by atoms with Crippen molar-refractivity contribution in [2.45, 2.75) is 17.3 Å². The number of fused-ring (bicyclic) bond motifs is 1. The molecule has 0 aliphatic carbocycles. The molecule has 0 unspecified atom stereocenters. The molecule has 0 N–H and O–H groups in total. The maximum atomic E-state index is 14.5. The Hall–Kier alpha value is -3.07. The van der Waals surface area contributed by atoms with Crippen molar-refractivity contribution >= 4 is 50.0 Å². The van der Waals surface area contributed by atoms with Gasteiger partial charge in [-0.1, -0.05) is 0 Å². The molecule has 0 saturated heterocycles. The molecule has 0 atom stereocenters. The van der Waals surface area contributed by atoms with Crippen LogP contribution in [0.3, 0.4) is 0 Å². The van der Waals surface area contributed by atoms with Crippen LogP contribution in [0.2, 0.25) is 0 Å². The fraction of sp³-hybridized carbons (Fsp3) is 0.320. The maximum Gasteiger partial charge on any atom is 0.340 e. The van der Waals surface area contributed by atoms with E-state index in [0.717, 1.165) is 28.8 Å². The minimum Gasteiger partial charge on any atom is -0.497 e. The van der Waals surface area contributed by atoms with E-state index in [1.807, 2.05) is 6.92 Å². The van der Waals surface area contributed by atoms with Gasteiger partial charge in [0.25, 0.3) is 15.9 Å². The van der Waals surface area contributed by atoms with Crippen molar-refractivity contribution in [2.75, 3.05) is 38.4 Å². The molecule has 0 spiro atoms. The monoisotopic (exact) mass is 657 g/mol. The Balaban J connectivity index is 1.75. The third-order valence-electron chi connectivity index (χ3n) is 6.13. The Morgan fingerprint density at radius 1 is 1.16 bits per heavy atom. The van der Waals surface area contributed by atoms with Crippen LogP contribution in [0.15, 0.2) is 52.9 Å². The summed E-state index contributed by atoms with van der Waals surface area (Å²) in [5.74, 6) is 0.389. The number of carbonyl (C=O) groups excluding carboxylic acids is 1. The molecular formula is C25H26F2IN5O4S. The van der Waals surface area contributed by atoms with E-state index in [4.69, 9.17) is 4.74 Å². The number of rotatable bonds is 7. The Labute approximate surface area is 233 Å². The molecular weight excluding hydrogens is 631 g/mol. The van der Waals surface area contributed by atoms with Gasteiger partial charge in [-0.05, 0) is 61.9 Å². The van der Waals surface area contributed by atoms with Crippen molar-refractivity contribution in [3.63, 3.8) is 0 Å². The number of nitrogens with zero attached hydrogens (tertiary/aromatic N) is 5. The van der Waals surface area contributed by atoms with E-state index in [-0.39, 0.29) is 30.1 Å². The summed E-state index contributed by atoms with van der Waals surface area (Å²) in [4.78, 5) is 16.9. The number of halogens is 3. The molecule has 4 rings (SSSR count). The fourth-order valence-electron chi connectivity index (χ4n) is 4.18. The first-order chi connectivity index (χ1) is 17.8. The summed E-state index contributed by atoms with van der Waals surface area (Å²) in [6.07, 6.45) is 1.21. The molecule has 0 bridgehead atoms. The quantitative estimate of drug-likeness (QED) is 0.164. The van der Waals surface area contributed by atoms with Gasteiger partial charge in [0.05, 0.1) is 19.1 Å². The van der Waals surface area contributed by atoms with Gasteiger partial charge in [0.2, 0.25) is 0 Å². The van der Waals surface area contributed by atoms with Crippen LogP contribution in [-0.4, -0.2) is 68.3 Å². The maximum absolute atomic E-state index is 14.5. The van der Waals surface area contributed by atoms with E-state index in [0.29, 0.717) is 29.2 Å². The fourth-order valence-corrected chi connectivity index (χ4v) is 5.18. The Kier molecular flexibility index (Phi) is 7.79. The Morgan fingerprint density at radius 3 is 2.29 bits per heavy atom. The number of amidine groups is 1. The molecule has 1 aromatic heterocycles. The van der Waals surface area contributed by atoms with Gasteiger partial charge in [-0.25, -0.2) is 13.1 Å². The van der Waals surface area contributed by atoms with Crippen molar-refractivity contribution in [2.24, 2.45) is 4.40 Å². The summed E-state index contributed by atoms with van der Waals surface area (Å²) >= 11 is 1.03. The highest BCUT2D eigenvalue weighted by Gasteiger charge is 2.41. The standard InChI is InChI=1S/C25H26F2IN5O4S/c1-5-31(2)23(30-38(4,35)36)16-6-8-17(9-7-16)32-15-14-20-21(24(32)34)33(29-22(20)25(26,27)28)18-10-12-19(37-3)13-11-18/h6-13H,5,14-15H2,1-4H3. The van der Waals surface area contributed by atoms with Gasteiger partial charge in [-0.15, -0.1) is 4.40 Å². The van der Waals surface area contributed by atoms with E-state index >= 15 is 0 Å². The summed E-state index contributed by atoms with van der Waals surface area (Å²) in [5, 5.41) is 4.16. The number of ether oxygens (including phenoxy) is 1. The van der Waals surface area contributed by atoms with Crippen molar-refractivity contribution < 1.29 is 26.7 Å². The van der Waals surface area contributed by atoms with Gasteiger partial charge >= 0.3 is 3.93 Å². The van der Waals surface area contributed by atoms with Gasteiger partial charge < -0.3 is 14.5 Å². The number of amides is 1. The Morgan fingerprint density at radius 2 is 1.76 bits per heavy atom. The van der Waals surface area contributed by atoms with Gasteiger partial charge in [0.15, 0.2) is 0 Å². The number of methoxy groups -OCH3 is 1. The minimum atomic E-state index is -3.64. The van der Waals surface area contributed by atoms with E-state index < -0.39 is 25.6 Å². The summed E-state index contributed by atoms with van der Waals surface area (Å²) in [7, 11) is -0.396. The van der Waals surface area contributed by atoms with Gasteiger partial charge in [0.1, 0.15) is 23.0 Å². The molecule has 2 aromatic carbocycles. The van der Waals surface area contributed by atoms with Crippen LogP contribution in [0.4, 0.5) is 14.5 Å². The first kappa shape index (κ1) is 28.0. The topological polar surface area (TPSA) is 97.1 Å². The zero-order valence-electron chi connectivity index (χ0n) is 21.2. The number of anilines is 1. The molecule has 38 heavy (non-hydrogen) atoms. The predicted octanol–water partition coefficient (Wildman–Crippen LogP) is 4.23. The number of carbonyl (C=O) groups is 1. The zero-order valence-corrected chi connectivity index (χ0v) is 24.1. The van der Waals surface area contributed by atoms with Gasteiger partial charge in [0, 0.05) is 59.5 Å². The van der Waals surface area contributed by atoms with Crippen LogP contribution in [0, 0.1) is 0 Å². The molecule has 0 radical (unpaired) electrons. The van der Waals surface area contributed by atoms with Crippen molar-refractivity contribution in [1.82, 2.24) is 14.7 Å². The number of aromatic nitrogens is 2. The number of hydrogen-bond acceptors (Lipinski definition) is 5. The first-order valence-electron chi connectivity index (χ1n) is 11.6. The average molecular weight is 657 g/mol. The third kappa shape index (κ3) is 5.67. The van der Waals surface area contributed by atoms with Crippen molar-refractivity contribution in [1.29, 1.82) is 0 Å². The van der Waals surface area contributed by atoms with Crippen molar-refractivity contribution in [3.8, 4) is 11.4 Å². The highest BCUT2D eigenvalue weighted by molar-refractivity contribution is 14.1. The summed E-state index contributed by atoms with van der Waals surface area (Å²) in [6.45, 7) is 2.58. The summed E-state index contributed by atoms with van der Waals surface area (Å²) in [6, 6.07) is 13.3. The second-order valence-corrected chi connectivity index (χ2v) is 11.7. The molecule has 0 saturated carbocycles. The number of hydrogen-bond donors (Lipinski definition) is 0. The number of benzene rings is 2. The van der Waals surface area contributed by atoms with Crippen LogP contribution in [0.1, 0.15) is 34.2 Å². The SMILES string of the molecule is CCN(C)C(=NS(C)(=O)=O)c1ccc(N2CCc3c(C(F)(F)I)nn(-c4ccc(OC)cc4)c3C2=O)cc1. The van der Waals surface area contributed by atoms with E-state index in [2.05, 4.69) is 9.50 Å². The largest absolute Gasteiger partial charge is 0.497 e. The first-order valence-corrected chi connectivity index (χ1v) is 14.5. The normalized spacial score (nSPS) is 14.4. The van der Waals surface area contributed by atoms with Crippen LogP contribution in [-0.2, 0) is 20.4 Å². The highest BCUT2D eigenvalue weighted by atomic mass is 127. The molecule has 2 heterocycles. The van der Waals surface area contributed by atoms with E-state index in [9.17, 15) is 22.0 Å². The van der Waals surface area contributed by atoms with Crippen LogP contribution >= 0.6 is 22.6 Å². The van der Waals surface area contributed by atoms with Crippen LogP contribution in [0.25, 0.3) is 5.69 Å². The lowest BCUT2D eigenvalue weighted by Gasteiger charge is -2.28. The molecule has 0 fully saturated rings. The van der Waals surface area contributed by atoms with Gasteiger partial charge in [-0.3, -0.25) is 4.79 Å². The second-order valence-electron chi connectivity index (χ2n) is 8.70. The zero-order chi connectivity index (χ0) is 27.8. The Bertz CT molecular complexity index is 1480. The van der Waals surface area contributed by atoms with E-state index in [1.165, 1.54) is 16.7 Å². The minimum absolute atomic E-state index is 0.0712. The molecule has 13 heteroatoms. The van der Waals surface area contributed by atoms with Crippen LogP contribution < -0.4 is 9.64 Å². The second kappa shape index (κ2) is 10.6. The molecule has 3 aromatic rings. The van der Waals surface area contributed by atoms with Gasteiger partial charge in [-0.2, -0.15) is 13.9 Å². The van der Waals surface area contributed by atoms with E-state index in [1.54, 1.807) is 60.5 Å². The highest BCUT2D eigenvalue weighted by Crippen LogP contribution is 2.40. The summed E-state index contributed by atoms with van der Waals surface area (Å²) < 4.78 is 59.7. The third-order valence-corrected chi connectivity index (χ3v) is 7.14. The molecule has 1 aliphatic rings. The lowest BCUT2D eigenvalue weighted by molar-refractivity contribution is 0.0972. The molecule has 202 valence electrons. The average Bonchev–Trinajstić information content (AvgIpc) is 3.28. The number of alkyl halides is 3. The van der Waals surface area contributed by atoms with Crippen molar-refractivity contribution in [3.05, 3.63) is 71.0 Å². The molecule has 1 aliphatic heterocycles. The molecule has 9 nitrogen and oxygen atoms in total. The number of sulfonamides is 1. The lowest BCUT2D eigenvalue weighted by Crippen LogP contribution is -2.39. The predicted molar refractivity (Wildman–Crippen MR) is 150 cm³/mol. The molecule has 1 amide bonds. The summed E-state index contributed by atoms with van der Waals surface area (Å²) in [5.41, 5.74) is 1.39. The smallest absolute Gasteiger partial charge is 0.340 e. The lowest BCUT2D eigenvalue weighted by atomic mass is 10.0.